The highest BCUT2D eigenvalue weighted by Gasteiger charge is 2.31. The second kappa shape index (κ2) is 4.69. The fourth-order valence-electron chi connectivity index (χ4n) is 3.04. The molecule has 1 fully saturated rings. The van der Waals surface area contributed by atoms with Crippen LogP contribution in [0.4, 0.5) is 0 Å². The van der Waals surface area contributed by atoms with Crippen molar-refractivity contribution < 1.29 is 0 Å². The summed E-state index contributed by atoms with van der Waals surface area (Å²) in [5.41, 5.74) is 2.67. The first kappa shape index (κ1) is 11.1. The lowest BCUT2D eigenvalue weighted by atomic mass is 10.1. The molecule has 2 nitrogen and oxygen atoms in total. The van der Waals surface area contributed by atoms with Crippen molar-refractivity contribution in [3.63, 3.8) is 0 Å². The number of nitrogens with zero attached hydrogens (tertiary/aromatic N) is 2. The van der Waals surface area contributed by atoms with Crippen LogP contribution in [-0.4, -0.2) is 22.8 Å². The third kappa shape index (κ3) is 1.95. The van der Waals surface area contributed by atoms with Gasteiger partial charge in [0.1, 0.15) is 11.8 Å². The van der Waals surface area contributed by atoms with Crippen molar-refractivity contribution in [2.24, 2.45) is 4.99 Å². The molecule has 0 saturated heterocycles. The lowest BCUT2D eigenvalue weighted by molar-refractivity contribution is 0.319. The van der Waals surface area contributed by atoms with Crippen LogP contribution in [-0.2, 0) is 6.54 Å². The number of hydrogen-bond acceptors (Lipinski definition) is 1. The van der Waals surface area contributed by atoms with Gasteiger partial charge in [0.05, 0.1) is 0 Å². The first-order valence-corrected chi connectivity index (χ1v) is 6.89. The predicted octanol–water partition coefficient (Wildman–Crippen LogP) is 3.39. The minimum atomic E-state index is 0.354. The van der Waals surface area contributed by atoms with Gasteiger partial charge in [0, 0.05) is 18.2 Å². The molecule has 3 rings (SSSR count). The number of halogens is 1. The Balaban J connectivity index is 1.95. The molecule has 0 atom stereocenters. The van der Waals surface area contributed by atoms with Crippen LogP contribution < -0.4 is 0 Å². The van der Waals surface area contributed by atoms with Gasteiger partial charge in [0.2, 0.25) is 0 Å². The van der Waals surface area contributed by atoms with E-state index in [1.807, 2.05) is 0 Å². The van der Waals surface area contributed by atoms with Gasteiger partial charge in [0.25, 0.3) is 0 Å². The molecule has 90 valence electrons. The van der Waals surface area contributed by atoms with Gasteiger partial charge in [-0.25, -0.2) is 0 Å². The molecule has 0 N–H and O–H groups in total. The van der Waals surface area contributed by atoms with Crippen LogP contribution in [0.5, 0.6) is 0 Å². The fraction of sp³-hybridized carbons (Fsp3) is 0.500. The highest BCUT2D eigenvalue weighted by Crippen LogP contribution is 2.32. The SMILES string of the molecule is ClCN=C1c2ccccc2CN1C1CCCC1. The van der Waals surface area contributed by atoms with Gasteiger partial charge in [-0.2, -0.15) is 0 Å². The highest BCUT2D eigenvalue weighted by molar-refractivity contribution is 6.18. The van der Waals surface area contributed by atoms with Crippen LogP contribution in [0.15, 0.2) is 29.3 Å². The summed E-state index contributed by atoms with van der Waals surface area (Å²) in [5.74, 6) is 1.11. The average molecular weight is 249 g/mol. The number of amidine groups is 1. The Kier molecular flexibility index (Phi) is 3.06. The predicted molar refractivity (Wildman–Crippen MR) is 71.5 cm³/mol. The molecule has 1 aliphatic carbocycles. The lowest BCUT2D eigenvalue weighted by Crippen LogP contribution is -2.34. The van der Waals surface area contributed by atoms with E-state index in [0.29, 0.717) is 12.0 Å². The summed E-state index contributed by atoms with van der Waals surface area (Å²) in [4.78, 5) is 6.96. The maximum Gasteiger partial charge on any atom is 0.133 e. The van der Waals surface area contributed by atoms with Crippen molar-refractivity contribution >= 4 is 17.4 Å². The van der Waals surface area contributed by atoms with Gasteiger partial charge in [-0.3, -0.25) is 4.99 Å². The van der Waals surface area contributed by atoms with Crippen molar-refractivity contribution in [3.8, 4) is 0 Å². The van der Waals surface area contributed by atoms with E-state index in [4.69, 9.17) is 11.6 Å². The number of aliphatic imine (C=N–C) groups is 1. The van der Waals surface area contributed by atoms with Crippen LogP contribution in [0, 0.1) is 0 Å². The van der Waals surface area contributed by atoms with Crippen LogP contribution in [0.1, 0.15) is 36.8 Å². The normalized spacial score (nSPS) is 22.4. The van der Waals surface area contributed by atoms with Crippen molar-refractivity contribution in [3.05, 3.63) is 35.4 Å². The highest BCUT2D eigenvalue weighted by atomic mass is 35.5. The summed E-state index contributed by atoms with van der Waals surface area (Å²) in [6, 6.07) is 9.58. The quantitative estimate of drug-likeness (QED) is 0.579. The van der Waals surface area contributed by atoms with Crippen LogP contribution >= 0.6 is 11.6 Å². The van der Waals surface area contributed by atoms with Gasteiger partial charge in [-0.1, -0.05) is 37.1 Å². The standard InChI is InChI=1S/C14H17ClN2/c15-10-16-14-13-8-4-1-5-11(13)9-17(14)12-6-2-3-7-12/h1,4-5,8,12H,2-3,6-7,9-10H2. The Hall–Kier alpha value is -1.02. The van der Waals surface area contributed by atoms with E-state index in [-0.39, 0.29) is 0 Å². The lowest BCUT2D eigenvalue weighted by Gasteiger charge is -2.26. The Bertz CT molecular complexity index is 436. The topological polar surface area (TPSA) is 15.6 Å². The average Bonchev–Trinajstić information content (AvgIpc) is 2.97. The number of hydrogen-bond donors (Lipinski definition) is 0. The van der Waals surface area contributed by atoms with E-state index in [1.165, 1.54) is 36.8 Å². The minimum absolute atomic E-state index is 0.354. The Morgan fingerprint density at radius 3 is 2.76 bits per heavy atom. The molecule has 2 aliphatic rings. The molecule has 1 aromatic rings. The summed E-state index contributed by atoms with van der Waals surface area (Å²) in [6.07, 6.45) is 5.31. The molecular weight excluding hydrogens is 232 g/mol. The van der Waals surface area contributed by atoms with E-state index in [1.54, 1.807) is 0 Å². The molecule has 0 aromatic heterocycles. The zero-order chi connectivity index (χ0) is 11.7. The summed E-state index contributed by atoms with van der Waals surface area (Å²) < 4.78 is 0. The molecule has 0 bridgehead atoms. The summed E-state index contributed by atoms with van der Waals surface area (Å²) >= 11 is 5.81. The molecule has 0 radical (unpaired) electrons. The second-order valence-electron chi connectivity index (χ2n) is 4.82. The van der Waals surface area contributed by atoms with E-state index >= 15 is 0 Å². The largest absolute Gasteiger partial charge is 0.349 e. The first-order chi connectivity index (χ1) is 8.40. The zero-order valence-electron chi connectivity index (χ0n) is 9.90. The molecular formula is C14H17ClN2. The number of alkyl halides is 1. The molecule has 3 heteroatoms. The number of fused-ring (bicyclic) bond motifs is 1. The minimum Gasteiger partial charge on any atom is -0.349 e. The summed E-state index contributed by atoms with van der Waals surface area (Å²) in [7, 11) is 0. The smallest absolute Gasteiger partial charge is 0.133 e. The van der Waals surface area contributed by atoms with Crippen molar-refractivity contribution in [2.75, 3.05) is 6.00 Å². The van der Waals surface area contributed by atoms with E-state index in [0.717, 1.165) is 12.4 Å². The maximum atomic E-state index is 5.81. The molecule has 0 unspecified atom stereocenters. The van der Waals surface area contributed by atoms with Crippen LogP contribution in [0.2, 0.25) is 0 Å². The van der Waals surface area contributed by atoms with Crippen LogP contribution in [0.25, 0.3) is 0 Å². The summed E-state index contributed by atoms with van der Waals surface area (Å²) in [5, 5.41) is 0. The second-order valence-corrected chi connectivity index (χ2v) is 5.06. The summed E-state index contributed by atoms with van der Waals surface area (Å²) in [6.45, 7) is 1.01. The third-order valence-electron chi connectivity index (χ3n) is 3.85. The van der Waals surface area contributed by atoms with Gasteiger partial charge < -0.3 is 4.90 Å². The van der Waals surface area contributed by atoms with E-state index < -0.39 is 0 Å². The molecule has 0 spiro atoms. The Morgan fingerprint density at radius 2 is 2.00 bits per heavy atom. The molecule has 1 saturated carbocycles. The Morgan fingerprint density at radius 1 is 1.24 bits per heavy atom. The number of rotatable bonds is 2. The molecule has 1 aromatic carbocycles. The van der Waals surface area contributed by atoms with Gasteiger partial charge in [-0.15, -0.1) is 11.6 Å². The van der Waals surface area contributed by atoms with Gasteiger partial charge in [0.15, 0.2) is 0 Å². The molecule has 1 heterocycles. The molecule has 0 amide bonds. The van der Waals surface area contributed by atoms with Crippen molar-refractivity contribution in [2.45, 2.75) is 38.3 Å². The molecule has 1 aliphatic heterocycles. The van der Waals surface area contributed by atoms with Crippen LogP contribution in [0.3, 0.4) is 0 Å². The maximum absolute atomic E-state index is 5.81. The number of benzene rings is 1. The van der Waals surface area contributed by atoms with E-state index in [9.17, 15) is 0 Å². The van der Waals surface area contributed by atoms with Gasteiger partial charge in [-0.05, 0) is 18.4 Å². The third-order valence-corrected chi connectivity index (χ3v) is 3.97. The van der Waals surface area contributed by atoms with Gasteiger partial charge >= 0.3 is 0 Å². The van der Waals surface area contributed by atoms with Crippen molar-refractivity contribution in [1.29, 1.82) is 0 Å². The monoisotopic (exact) mass is 248 g/mol. The van der Waals surface area contributed by atoms with Crippen molar-refractivity contribution in [1.82, 2.24) is 4.90 Å². The fourth-order valence-corrected chi connectivity index (χ4v) is 3.15. The zero-order valence-corrected chi connectivity index (χ0v) is 10.7. The molecule has 17 heavy (non-hydrogen) atoms. The Labute approximate surface area is 107 Å². The van der Waals surface area contributed by atoms with E-state index in [2.05, 4.69) is 34.2 Å². The first-order valence-electron chi connectivity index (χ1n) is 6.35.